The normalized spacial score (nSPS) is 21.4. The van der Waals surface area contributed by atoms with Gasteiger partial charge >= 0.3 is 6.03 Å². The number of amides is 2. The summed E-state index contributed by atoms with van der Waals surface area (Å²) in [5, 5.41) is 3.96. The highest BCUT2D eigenvalue weighted by molar-refractivity contribution is 8.08. The molecule has 2 rings (SSSR count). The SMILES string of the molecule is C/C=C(/NC(=O)N(C1CCCCCC1)C1CCN(SCC)CC1)S/C(Cl)=C\C. The van der Waals surface area contributed by atoms with Gasteiger partial charge in [-0.2, -0.15) is 0 Å². The predicted octanol–water partition coefficient (Wildman–Crippen LogP) is 6.55. The number of nitrogens with one attached hydrogen (secondary N) is 1. The number of nitrogens with zero attached hydrogens (tertiary/aromatic N) is 2. The zero-order valence-corrected chi connectivity index (χ0v) is 20.0. The average Bonchev–Trinajstić information content (AvgIpc) is 2.98. The molecular formula is C21H36ClN3OS2. The van der Waals surface area contributed by atoms with Gasteiger partial charge in [-0.15, -0.1) is 0 Å². The lowest BCUT2D eigenvalue weighted by molar-refractivity contribution is 0.111. The Hall–Kier alpha value is -0.300. The van der Waals surface area contributed by atoms with Gasteiger partial charge in [-0.1, -0.05) is 80.1 Å². The van der Waals surface area contributed by atoms with Crippen molar-refractivity contribution in [2.45, 2.75) is 84.2 Å². The Morgan fingerprint density at radius 2 is 1.68 bits per heavy atom. The van der Waals surface area contributed by atoms with Gasteiger partial charge in [0.05, 0.1) is 9.39 Å². The third kappa shape index (κ3) is 7.51. The third-order valence-electron chi connectivity index (χ3n) is 5.51. The number of piperidine rings is 1. The van der Waals surface area contributed by atoms with Crippen LogP contribution in [0, 0.1) is 0 Å². The maximum absolute atomic E-state index is 13.4. The molecule has 0 radical (unpaired) electrons. The molecule has 7 heteroatoms. The zero-order valence-electron chi connectivity index (χ0n) is 17.6. The second kappa shape index (κ2) is 13.1. The molecule has 1 aliphatic heterocycles. The van der Waals surface area contributed by atoms with Crippen LogP contribution in [-0.4, -0.2) is 46.2 Å². The van der Waals surface area contributed by atoms with E-state index in [-0.39, 0.29) is 6.03 Å². The zero-order chi connectivity index (χ0) is 20.4. The summed E-state index contributed by atoms with van der Waals surface area (Å²) >= 11 is 9.51. The summed E-state index contributed by atoms with van der Waals surface area (Å²) in [5.41, 5.74) is 0. The lowest BCUT2D eigenvalue weighted by atomic mass is 9.99. The highest BCUT2D eigenvalue weighted by Gasteiger charge is 2.33. The van der Waals surface area contributed by atoms with Crippen LogP contribution < -0.4 is 5.32 Å². The summed E-state index contributed by atoms with van der Waals surface area (Å²) in [5.74, 6) is 1.12. The summed E-state index contributed by atoms with van der Waals surface area (Å²) in [7, 11) is 0. The number of hydrogen-bond acceptors (Lipinski definition) is 4. The fourth-order valence-electron chi connectivity index (χ4n) is 4.09. The van der Waals surface area contributed by atoms with Gasteiger partial charge in [-0.3, -0.25) is 4.31 Å². The first-order valence-corrected chi connectivity index (χ1v) is 12.9. The Balaban J connectivity index is 2.09. The number of carbonyl (C=O) groups excluding carboxylic acids is 1. The molecule has 2 aliphatic rings. The van der Waals surface area contributed by atoms with Crippen LogP contribution in [0.2, 0.25) is 0 Å². The molecule has 0 bridgehead atoms. The Kier molecular flexibility index (Phi) is 11.2. The summed E-state index contributed by atoms with van der Waals surface area (Å²) in [4.78, 5) is 15.6. The van der Waals surface area contributed by atoms with E-state index < -0.39 is 0 Å². The molecular weight excluding hydrogens is 410 g/mol. The molecule has 1 saturated carbocycles. The van der Waals surface area contributed by atoms with Crippen LogP contribution in [0.3, 0.4) is 0 Å². The van der Waals surface area contributed by atoms with Crippen molar-refractivity contribution in [2.75, 3.05) is 18.8 Å². The highest BCUT2D eigenvalue weighted by Crippen LogP contribution is 2.31. The number of rotatable bonds is 7. The molecule has 0 aromatic rings. The molecule has 0 atom stereocenters. The number of thioether (sulfide) groups is 1. The number of urea groups is 1. The van der Waals surface area contributed by atoms with Gasteiger partial charge in [0.25, 0.3) is 0 Å². The largest absolute Gasteiger partial charge is 0.322 e. The van der Waals surface area contributed by atoms with Crippen LogP contribution in [0.15, 0.2) is 21.5 Å². The van der Waals surface area contributed by atoms with Crippen molar-refractivity contribution in [3.63, 3.8) is 0 Å². The van der Waals surface area contributed by atoms with E-state index in [9.17, 15) is 4.79 Å². The maximum atomic E-state index is 13.4. The first-order valence-electron chi connectivity index (χ1n) is 10.7. The van der Waals surface area contributed by atoms with Gasteiger partial charge in [0.2, 0.25) is 0 Å². The van der Waals surface area contributed by atoms with E-state index in [4.69, 9.17) is 11.6 Å². The third-order valence-corrected chi connectivity index (χ3v) is 7.93. The molecule has 0 aromatic heterocycles. The van der Waals surface area contributed by atoms with Crippen LogP contribution in [0.5, 0.6) is 0 Å². The number of carbonyl (C=O) groups is 1. The number of hydrogen-bond donors (Lipinski definition) is 1. The van der Waals surface area contributed by atoms with Crippen LogP contribution in [0.25, 0.3) is 0 Å². The summed E-state index contributed by atoms with van der Waals surface area (Å²) in [6.07, 6.45) is 13.2. The molecule has 4 nitrogen and oxygen atoms in total. The smallest absolute Gasteiger partial charge is 0.318 e. The van der Waals surface area contributed by atoms with Crippen molar-refractivity contribution >= 4 is 41.3 Å². The minimum atomic E-state index is 0.0506. The van der Waals surface area contributed by atoms with Gasteiger partial charge in [0.15, 0.2) is 0 Å². The Labute approximate surface area is 185 Å². The molecule has 28 heavy (non-hydrogen) atoms. The highest BCUT2D eigenvalue weighted by atomic mass is 35.5. The number of halogens is 1. The van der Waals surface area contributed by atoms with Gasteiger partial charge in [-0.25, -0.2) is 4.79 Å². The van der Waals surface area contributed by atoms with E-state index in [1.54, 1.807) is 0 Å². The van der Waals surface area contributed by atoms with E-state index in [2.05, 4.69) is 21.4 Å². The topological polar surface area (TPSA) is 35.6 Å². The fraction of sp³-hybridized carbons (Fsp3) is 0.762. The lowest BCUT2D eigenvalue weighted by Crippen LogP contribution is -2.54. The molecule has 2 fully saturated rings. The molecule has 2 amide bonds. The van der Waals surface area contributed by atoms with Gasteiger partial charge in [0, 0.05) is 30.9 Å². The quantitative estimate of drug-likeness (QED) is 0.356. The Morgan fingerprint density at radius 3 is 2.21 bits per heavy atom. The first-order chi connectivity index (χ1) is 13.6. The van der Waals surface area contributed by atoms with E-state index in [1.165, 1.54) is 37.4 Å². The standard InChI is InChI=1S/C21H36ClN3OS2/c1-4-19(22)28-20(5-2)23-21(26)25(17-11-9-7-8-10-12-17)18-13-15-24(16-14-18)27-6-3/h4-5,17-18H,6-16H2,1-3H3,(H,23,26)/b19-4-,20-5-. The maximum Gasteiger partial charge on any atom is 0.322 e. The monoisotopic (exact) mass is 445 g/mol. The summed E-state index contributed by atoms with van der Waals surface area (Å²) < 4.78 is 3.14. The molecule has 0 unspecified atom stereocenters. The van der Waals surface area contributed by atoms with Gasteiger partial charge in [-0.05, 0) is 39.5 Å². The molecule has 1 heterocycles. The minimum absolute atomic E-state index is 0.0506. The molecule has 1 saturated heterocycles. The fourth-order valence-corrected chi connectivity index (χ4v) is 5.76. The van der Waals surface area contributed by atoms with E-state index in [0.717, 1.165) is 49.6 Å². The predicted molar refractivity (Wildman–Crippen MR) is 126 cm³/mol. The second-order valence-corrected chi connectivity index (χ2v) is 10.5. The second-order valence-electron chi connectivity index (χ2n) is 7.41. The first kappa shape index (κ1) is 24.0. The van der Waals surface area contributed by atoms with Crippen molar-refractivity contribution < 1.29 is 4.79 Å². The lowest BCUT2D eigenvalue weighted by Gasteiger charge is -2.42. The molecule has 0 aromatic carbocycles. The van der Waals surface area contributed by atoms with E-state index in [0.29, 0.717) is 16.4 Å². The van der Waals surface area contributed by atoms with Crippen LogP contribution in [0.1, 0.15) is 72.1 Å². The molecule has 0 spiro atoms. The van der Waals surface area contributed by atoms with Crippen molar-refractivity contribution in [2.24, 2.45) is 0 Å². The number of allylic oxidation sites excluding steroid dienone is 2. The van der Waals surface area contributed by atoms with Crippen LogP contribution >= 0.6 is 35.3 Å². The van der Waals surface area contributed by atoms with Crippen LogP contribution in [0.4, 0.5) is 4.79 Å². The minimum Gasteiger partial charge on any atom is -0.318 e. The molecule has 1 aliphatic carbocycles. The van der Waals surface area contributed by atoms with Crippen molar-refractivity contribution in [1.29, 1.82) is 0 Å². The average molecular weight is 446 g/mol. The molecule has 1 N–H and O–H groups in total. The summed E-state index contributed by atoms with van der Waals surface area (Å²) in [6, 6.07) is 0.741. The van der Waals surface area contributed by atoms with Gasteiger partial charge < -0.3 is 10.2 Å². The van der Waals surface area contributed by atoms with E-state index in [1.807, 2.05) is 37.9 Å². The Bertz CT molecular complexity index is 540. The molecule has 160 valence electrons. The van der Waals surface area contributed by atoms with Crippen molar-refractivity contribution in [3.8, 4) is 0 Å². The van der Waals surface area contributed by atoms with Crippen molar-refractivity contribution in [3.05, 3.63) is 21.5 Å². The van der Waals surface area contributed by atoms with Crippen molar-refractivity contribution in [1.82, 2.24) is 14.5 Å². The summed E-state index contributed by atoms with van der Waals surface area (Å²) in [6.45, 7) is 8.18. The van der Waals surface area contributed by atoms with Crippen LogP contribution in [-0.2, 0) is 0 Å². The van der Waals surface area contributed by atoms with E-state index >= 15 is 0 Å². The van der Waals surface area contributed by atoms with Gasteiger partial charge in [0.1, 0.15) is 0 Å². The Morgan fingerprint density at radius 1 is 1.07 bits per heavy atom.